The summed E-state index contributed by atoms with van der Waals surface area (Å²) in [6.07, 6.45) is 1.04. The van der Waals surface area contributed by atoms with E-state index in [4.69, 9.17) is 16.7 Å². The Hall–Kier alpha value is -2.01. The third-order valence-corrected chi connectivity index (χ3v) is 2.58. The lowest BCUT2D eigenvalue weighted by atomic mass is 10.1. The van der Waals surface area contributed by atoms with Crippen LogP contribution >= 0.6 is 11.6 Å². The van der Waals surface area contributed by atoms with Crippen molar-refractivity contribution in [2.45, 2.75) is 0 Å². The fraction of sp³-hybridized carbons (Fsp3) is 0. The Morgan fingerprint density at radius 2 is 2.06 bits per heavy atom. The van der Waals surface area contributed by atoms with Crippen LogP contribution in [0.2, 0.25) is 5.02 Å². The molecule has 0 aliphatic rings. The first-order chi connectivity index (χ1) is 8.50. The maximum absolute atomic E-state index is 13.5. The summed E-state index contributed by atoms with van der Waals surface area (Å²) in [4.78, 5) is 14.4. The van der Waals surface area contributed by atoms with E-state index in [9.17, 15) is 13.6 Å². The topological polar surface area (TPSA) is 50.2 Å². The van der Waals surface area contributed by atoms with Crippen LogP contribution in [0.3, 0.4) is 0 Å². The van der Waals surface area contributed by atoms with Crippen molar-refractivity contribution in [3.8, 4) is 11.3 Å². The van der Waals surface area contributed by atoms with Crippen molar-refractivity contribution in [3.05, 3.63) is 52.7 Å². The quantitative estimate of drug-likeness (QED) is 0.909. The molecule has 0 saturated heterocycles. The summed E-state index contributed by atoms with van der Waals surface area (Å²) in [6, 6.07) is 4.73. The number of hydrogen-bond donors (Lipinski definition) is 1. The molecule has 0 amide bonds. The highest BCUT2D eigenvalue weighted by molar-refractivity contribution is 6.33. The number of carbonyl (C=O) groups is 1. The van der Waals surface area contributed by atoms with Crippen molar-refractivity contribution >= 4 is 17.6 Å². The molecule has 92 valence electrons. The molecule has 0 bridgehead atoms. The maximum Gasteiger partial charge on any atom is 0.337 e. The molecule has 0 saturated carbocycles. The van der Waals surface area contributed by atoms with Crippen molar-refractivity contribution in [1.82, 2.24) is 4.98 Å². The molecule has 18 heavy (non-hydrogen) atoms. The first kappa shape index (κ1) is 12.4. The average molecular weight is 270 g/mol. The minimum atomic E-state index is -1.20. The summed E-state index contributed by atoms with van der Waals surface area (Å²) < 4.78 is 26.6. The molecule has 2 rings (SSSR count). The van der Waals surface area contributed by atoms with Crippen LogP contribution in [0.25, 0.3) is 11.3 Å². The zero-order valence-electron chi connectivity index (χ0n) is 8.82. The van der Waals surface area contributed by atoms with Gasteiger partial charge in [0, 0.05) is 11.8 Å². The van der Waals surface area contributed by atoms with Crippen molar-refractivity contribution in [3.63, 3.8) is 0 Å². The molecule has 0 radical (unpaired) electrons. The zero-order chi connectivity index (χ0) is 13.3. The van der Waals surface area contributed by atoms with Gasteiger partial charge in [-0.2, -0.15) is 0 Å². The second kappa shape index (κ2) is 4.70. The lowest BCUT2D eigenvalue weighted by Gasteiger charge is -2.06. The Balaban J connectivity index is 2.58. The lowest BCUT2D eigenvalue weighted by Crippen LogP contribution is -1.99. The van der Waals surface area contributed by atoms with Gasteiger partial charge < -0.3 is 5.11 Å². The molecule has 1 heterocycles. The number of rotatable bonds is 2. The number of benzene rings is 1. The van der Waals surface area contributed by atoms with Crippen LogP contribution in [0.4, 0.5) is 8.78 Å². The number of carboxylic acid groups (broad SMARTS) is 1. The van der Waals surface area contributed by atoms with Gasteiger partial charge in [-0.1, -0.05) is 17.7 Å². The minimum absolute atomic E-state index is 0.00123. The van der Waals surface area contributed by atoms with E-state index in [1.807, 2.05) is 0 Å². The fourth-order valence-corrected chi connectivity index (χ4v) is 1.71. The van der Waals surface area contributed by atoms with Crippen LogP contribution in [0.15, 0.2) is 30.5 Å². The molecule has 0 aliphatic heterocycles. The van der Waals surface area contributed by atoms with Crippen LogP contribution in [0.5, 0.6) is 0 Å². The first-order valence-corrected chi connectivity index (χ1v) is 5.21. The summed E-state index contributed by atoms with van der Waals surface area (Å²) in [5, 5.41) is 8.68. The van der Waals surface area contributed by atoms with E-state index >= 15 is 0 Å². The normalized spacial score (nSPS) is 10.4. The highest BCUT2D eigenvalue weighted by Crippen LogP contribution is 2.29. The molecule has 2 aromatic rings. The zero-order valence-corrected chi connectivity index (χ0v) is 9.58. The van der Waals surface area contributed by atoms with Gasteiger partial charge in [0.15, 0.2) is 11.6 Å². The van der Waals surface area contributed by atoms with E-state index in [-0.39, 0.29) is 21.8 Å². The highest BCUT2D eigenvalue weighted by Gasteiger charge is 2.15. The maximum atomic E-state index is 13.5. The first-order valence-electron chi connectivity index (χ1n) is 4.84. The van der Waals surface area contributed by atoms with Gasteiger partial charge in [0.25, 0.3) is 0 Å². The van der Waals surface area contributed by atoms with Crippen molar-refractivity contribution < 1.29 is 18.7 Å². The molecule has 6 heteroatoms. The van der Waals surface area contributed by atoms with Crippen molar-refractivity contribution in [1.29, 1.82) is 0 Å². The highest BCUT2D eigenvalue weighted by atomic mass is 35.5. The fourth-order valence-electron chi connectivity index (χ4n) is 1.44. The van der Waals surface area contributed by atoms with Crippen LogP contribution in [-0.4, -0.2) is 16.1 Å². The van der Waals surface area contributed by atoms with Crippen molar-refractivity contribution in [2.75, 3.05) is 0 Å². The molecule has 0 aliphatic carbocycles. The minimum Gasteiger partial charge on any atom is -0.478 e. The predicted molar refractivity (Wildman–Crippen MR) is 61.6 cm³/mol. The number of aromatic nitrogens is 1. The van der Waals surface area contributed by atoms with Crippen LogP contribution in [0, 0.1) is 11.6 Å². The van der Waals surface area contributed by atoms with E-state index in [1.165, 1.54) is 12.1 Å². The van der Waals surface area contributed by atoms with Gasteiger partial charge >= 0.3 is 5.97 Å². The summed E-state index contributed by atoms with van der Waals surface area (Å²) in [6.45, 7) is 0. The summed E-state index contributed by atoms with van der Waals surface area (Å²) in [5.41, 5.74) is -0.240. The van der Waals surface area contributed by atoms with E-state index in [0.29, 0.717) is 0 Å². The van der Waals surface area contributed by atoms with Gasteiger partial charge in [-0.05, 0) is 18.2 Å². The third-order valence-electron chi connectivity index (χ3n) is 2.29. The van der Waals surface area contributed by atoms with E-state index < -0.39 is 17.6 Å². The molecule has 3 nitrogen and oxygen atoms in total. The van der Waals surface area contributed by atoms with Crippen LogP contribution < -0.4 is 0 Å². The van der Waals surface area contributed by atoms with E-state index in [2.05, 4.69) is 4.98 Å². The smallest absolute Gasteiger partial charge is 0.337 e. The monoisotopic (exact) mass is 269 g/mol. The number of carboxylic acids is 1. The standard InChI is InChI=1S/C12H6ClF2NO2/c13-8-4-6(12(17)18)5-16-11(8)7-2-1-3-9(14)10(7)15/h1-5H,(H,17,18). The van der Waals surface area contributed by atoms with Crippen LogP contribution in [-0.2, 0) is 0 Å². The molecule has 0 spiro atoms. The largest absolute Gasteiger partial charge is 0.478 e. The Morgan fingerprint density at radius 1 is 1.33 bits per heavy atom. The summed E-state index contributed by atoms with van der Waals surface area (Å²) >= 11 is 5.82. The lowest BCUT2D eigenvalue weighted by molar-refractivity contribution is 0.0696. The van der Waals surface area contributed by atoms with E-state index in [1.54, 1.807) is 0 Å². The van der Waals surface area contributed by atoms with Gasteiger partial charge in [0.1, 0.15) is 0 Å². The van der Waals surface area contributed by atoms with Crippen molar-refractivity contribution in [2.24, 2.45) is 0 Å². The van der Waals surface area contributed by atoms with Gasteiger partial charge in [0.2, 0.25) is 0 Å². The molecular formula is C12H6ClF2NO2. The Morgan fingerprint density at radius 3 is 2.67 bits per heavy atom. The molecule has 1 aromatic heterocycles. The van der Waals surface area contributed by atoms with Gasteiger partial charge in [-0.25, -0.2) is 13.6 Å². The number of pyridine rings is 1. The van der Waals surface area contributed by atoms with Gasteiger partial charge in [0.05, 0.1) is 16.3 Å². The number of halogens is 3. The summed E-state index contributed by atoms with van der Waals surface area (Å²) in [5.74, 6) is -3.29. The van der Waals surface area contributed by atoms with E-state index in [0.717, 1.165) is 18.3 Å². The molecule has 0 atom stereocenters. The second-order valence-corrected chi connectivity index (χ2v) is 3.87. The Bertz CT molecular complexity index is 631. The molecule has 1 aromatic carbocycles. The molecular weight excluding hydrogens is 264 g/mol. The van der Waals surface area contributed by atoms with Gasteiger partial charge in [-0.15, -0.1) is 0 Å². The number of hydrogen-bond acceptors (Lipinski definition) is 2. The van der Waals surface area contributed by atoms with Gasteiger partial charge in [-0.3, -0.25) is 4.98 Å². The van der Waals surface area contributed by atoms with Crippen LogP contribution in [0.1, 0.15) is 10.4 Å². The Kier molecular flexibility index (Phi) is 3.25. The number of nitrogens with zero attached hydrogens (tertiary/aromatic N) is 1. The molecule has 1 N–H and O–H groups in total. The average Bonchev–Trinajstić information content (AvgIpc) is 2.33. The second-order valence-electron chi connectivity index (χ2n) is 3.46. The predicted octanol–water partition coefficient (Wildman–Crippen LogP) is 3.38. The Labute approximate surface area is 106 Å². The SMILES string of the molecule is O=C(O)c1cnc(-c2cccc(F)c2F)c(Cl)c1. The molecule has 0 fully saturated rings. The molecule has 0 unspecified atom stereocenters. The number of aromatic carboxylic acids is 1. The summed E-state index contributed by atoms with van der Waals surface area (Å²) in [7, 11) is 0. The third kappa shape index (κ3) is 2.17.